The molecule has 0 aromatic heterocycles. The smallest absolute Gasteiger partial charge is 0.321 e. The summed E-state index contributed by atoms with van der Waals surface area (Å²) < 4.78 is 4.89. The minimum Gasteiger partial charge on any atom is -0.481 e. The molecular weight excluding hydrogens is 248 g/mol. The van der Waals surface area contributed by atoms with Gasteiger partial charge in [-0.3, -0.25) is 4.79 Å². The molecule has 0 saturated heterocycles. The first-order chi connectivity index (χ1) is 9.04. The van der Waals surface area contributed by atoms with Crippen molar-refractivity contribution in [3.05, 3.63) is 29.8 Å². The molecule has 0 atom stereocenters. The lowest BCUT2D eigenvalue weighted by Crippen LogP contribution is -2.34. The van der Waals surface area contributed by atoms with Crippen LogP contribution in [0.25, 0.3) is 0 Å². The molecule has 0 aliphatic heterocycles. The minimum atomic E-state index is -0.936. The number of rotatable bonds is 6. The highest BCUT2D eigenvalue weighted by molar-refractivity contribution is 5.90. The van der Waals surface area contributed by atoms with E-state index in [1.165, 1.54) is 4.90 Å². The van der Waals surface area contributed by atoms with Crippen molar-refractivity contribution in [3.8, 4) is 0 Å². The fourth-order valence-electron chi connectivity index (χ4n) is 1.50. The molecule has 2 amide bonds. The summed E-state index contributed by atoms with van der Waals surface area (Å²) in [5.41, 5.74) is 1.09. The number of carboxylic acid groups (broad SMARTS) is 1. The van der Waals surface area contributed by atoms with E-state index in [2.05, 4.69) is 5.32 Å². The van der Waals surface area contributed by atoms with E-state index in [-0.39, 0.29) is 12.5 Å². The Morgan fingerprint density at radius 1 is 1.37 bits per heavy atom. The predicted octanol–water partition coefficient (Wildman–Crippen LogP) is 1.42. The molecule has 6 nitrogen and oxygen atoms in total. The summed E-state index contributed by atoms with van der Waals surface area (Å²) in [5, 5.41) is 11.5. The molecule has 1 aromatic rings. The Bertz CT molecular complexity index is 448. The molecular formula is C13H18N2O4. The Balaban J connectivity index is 2.70. The monoisotopic (exact) mass is 266 g/mol. The maximum Gasteiger partial charge on any atom is 0.321 e. The van der Waals surface area contributed by atoms with Gasteiger partial charge < -0.3 is 20.1 Å². The first-order valence-electron chi connectivity index (χ1n) is 5.85. The average molecular weight is 266 g/mol. The summed E-state index contributed by atoms with van der Waals surface area (Å²) in [6, 6.07) is 6.55. The minimum absolute atomic E-state index is 0.127. The number of likely N-dealkylation sites (N-methyl/N-ethyl adjacent to an activating group) is 1. The lowest BCUT2D eigenvalue weighted by atomic mass is 10.1. The number of carboxylic acids is 1. The number of urea groups is 1. The molecule has 0 spiro atoms. The average Bonchev–Trinajstić information content (AvgIpc) is 2.37. The van der Waals surface area contributed by atoms with Gasteiger partial charge in [0.15, 0.2) is 0 Å². The standard InChI is InChI=1S/C13H18N2O4/c1-15(7-8-19-2)13(18)14-11-6-4-3-5-10(11)9-12(16)17/h3-6H,7-9H2,1-2H3,(H,14,18)(H,16,17). The predicted molar refractivity (Wildman–Crippen MR) is 71.3 cm³/mol. The Labute approximate surface area is 112 Å². The molecule has 0 heterocycles. The third-order valence-electron chi connectivity index (χ3n) is 2.58. The van der Waals surface area contributed by atoms with Crippen molar-refractivity contribution in [2.45, 2.75) is 6.42 Å². The summed E-state index contributed by atoms with van der Waals surface area (Å²) in [4.78, 5) is 24.1. The summed E-state index contributed by atoms with van der Waals surface area (Å²) in [6.45, 7) is 0.907. The number of carbonyl (C=O) groups excluding carboxylic acids is 1. The molecule has 0 radical (unpaired) electrons. The summed E-state index contributed by atoms with van der Waals surface area (Å²) >= 11 is 0. The highest BCUT2D eigenvalue weighted by Gasteiger charge is 2.12. The lowest BCUT2D eigenvalue weighted by molar-refractivity contribution is -0.136. The van der Waals surface area contributed by atoms with Crippen molar-refractivity contribution >= 4 is 17.7 Å². The summed E-state index contributed by atoms with van der Waals surface area (Å²) in [7, 11) is 3.21. The van der Waals surface area contributed by atoms with E-state index in [4.69, 9.17) is 9.84 Å². The first-order valence-corrected chi connectivity index (χ1v) is 5.85. The van der Waals surface area contributed by atoms with Crippen LogP contribution in [-0.4, -0.2) is 49.3 Å². The third-order valence-corrected chi connectivity index (χ3v) is 2.58. The number of aliphatic carboxylic acids is 1. The van der Waals surface area contributed by atoms with E-state index in [0.29, 0.717) is 24.4 Å². The van der Waals surface area contributed by atoms with Crippen molar-refractivity contribution in [2.75, 3.05) is 32.6 Å². The van der Waals surface area contributed by atoms with Gasteiger partial charge in [0.1, 0.15) is 0 Å². The molecule has 2 N–H and O–H groups in total. The lowest BCUT2D eigenvalue weighted by Gasteiger charge is -2.18. The van der Waals surface area contributed by atoms with Crippen molar-refractivity contribution in [1.82, 2.24) is 4.90 Å². The van der Waals surface area contributed by atoms with E-state index in [9.17, 15) is 9.59 Å². The van der Waals surface area contributed by atoms with Gasteiger partial charge in [0.05, 0.1) is 13.0 Å². The molecule has 0 unspecified atom stereocenters. The van der Waals surface area contributed by atoms with Crippen LogP contribution in [0, 0.1) is 0 Å². The van der Waals surface area contributed by atoms with Crippen LogP contribution in [0.4, 0.5) is 10.5 Å². The van der Waals surface area contributed by atoms with Crippen LogP contribution in [0.2, 0.25) is 0 Å². The molecule has 0 aliphatic rings. The largest absolute Gasteiger partial charge is 0.481 e. The zero-order valence-corrected chi connectivity index (χ0v) is 11.0. The number of anilines is 1. The van der Waals surface area contributed by atoms with Gasteiger partial charge in [-0.2, -0.15) is 0 Å². The van der Waals surface area contributed by atoms with Gasteiger partial charge in [-0.05, 0) is 11.6 Å². The van der Waals surface area contributed by atoms with E-state index < -0.39 is 5.97 Å². The van der Waals surface area contributed by atoms with Crippen LogP contribution >= 0.6 is 0 Å². The number of ether oxygens (including phenoxy) is 1. The van der Waals surface area contributed by atoms with Crippen molar-refractivity contribution < 1.29 is 19.4 Å². The van der Waals surface area contributed by atoms with E-state index in [1.54, 1.807) is 38.4 Å². The van der Waals surface area contributed by atoms with Gasteiger partial charge in [0.2, 0.25) is 0 Å². The zero-order chi connectivity index (χ0) is 14.3. The van der Waals surface area contributed by atoms with Crippen molar-refractivity contribution in [2.24, 2.45) is 0 Å². The Morgan fingerprint density at radius 2 is 2.05 bits per heavy atom. The van der Waals surface area contributed by atoms with Gasteiger partial charge in [-0.15, -0.1) is 0 Å². The third kappa shape index (κ3) is 4.97. The van der Waals surface area contributed by atoms with Gasteiger partial charge in [-0.1, -0.05) is 18.2 Å². The zero-order valence-electron chi connectivity index (χ0n) is 11.0. The SMILES string of the molecule is COCCN(C)C(=O)Nc1ccccc1CC(=O)O. The van der Waals surface area contributed by atoms with Crippen LogP contribution in [0.15, 0.2) is 24.3 Å². The molecule has 0 saturated carbocycles. The van der Waals surface area contributed by atoms with E-state index >= 15 is 0 Å². The molecule has 104 valence electrons. The fourth-order valence-corrected chi connectivity index (χ4v) is 1.50. The number of nitrogens with one attached hydrogen (secondary N) is 1. The second-order valence-electron chi connectivity index (χ2n) is 4.07. The summed E-state index contributed by atoms with van der Waals surface area (Å²) in [5.74, 6) is -0.936. The van der Waals surface area contributed by atoms with Crippen LogP contribution in [0.3, 0.4) is 0 Å². The van der Waals surface area contributed by atoms with E-state index in [1.807, 2.05) is 0 Å². The number of carbonyl (C=O) groups is 2. The molecule has 0 bridgehead atoms. The van der Waals surface area contributed by atoms with Crippen molar-refractivity contribution in [1.29, 1.82) is 0 Å². The second-order valence-corrected chi connectivity index (χ2v) is 4.07. The van der Waals surface area contributed by atoms with Crippen molar-refractivity contribution in [3.63, 3.8) is 0 Å². The highest BCUT2D eigenvalue weighted by atomic mass is 16.5. The molecule has 1 rings (SSSR count). The number of hydrogen-bond donors (Lipinski definition) is 2. The van der Waals surface area contributed by atoms with Gasteiger partial charge in [0, 0.05) is 26.4 Å². The van der Waals surface area contributed by atoms with Crippen LogP contribution in [-0.2, 0) is 16.0 Å². The number of hydrogen-bond acceptors (Lipinski definition) is 3. The van der Waals surface area contributed by atoms with Crippen LogP contribution in [0.1, 0.15) is 5.56 Å². The molecule has 19 heavy (non-hydrogen) atoms. The number of nitrogens with zero attached hydrogens (tertiary/aromatic N) is 1. The highest BCUT2D eigenvalue weighted by Crippen LogP contribution is 2.16. The fraction of sp³-hybridized carbons (Fsp3) is 0.385. The summed E-state index contributed by atoms with van der Waals surface area (Å²) in [6.07, 6.45) is -0.127. The molecule has 0 aliphatic carbocycles. The number of para-hydroxylation sites is 1. The molecule has 0 fully saturated rings. The van der Waals surface area contributed by atoms with Gasteiger partial charge >= 0.3 is 12.0 Å². The second kappa shape index (κ2) is 7.38. The topological polar surface area (TPSA) is 78.9 Å². The normalized spacial score (nSPS) is 10.0. The van der Waals surface area contributed by atoms with Crippen LogP contribution < -0.4 is 5.32 Å². The molecule has 6 heteroatoms. The molecule has 1 aromatic carbocycles. The quantitative estimate of drug-likeness (QED) is 0.816. The Morgan fingerprint density at radius 3 is 2.68 bits per heavy atom. The number of amides is 2. The maximum atomic E-state index is 11.9. The maximum absolute atomic E-state index is 11.9. The van der Waals surface area contributed by atoms with Crippen LogP contribution in [0.5, 0.6) is 0 Å². The van der Waals surface area contributed by atoms with Gasteiger partial charge in [-0.25, -0.2) is 4.79 Å². The van der Waals surface area contributed by atoms with E-state index in [0.717, 1.165) is 0 Å². The Kier molecular flexibility index (Phi) is 5.81. The first kappa shape index (κ1) is 15.0. The number of benzene rings is 1. The number of methoxy groups -OCH3 is 1. The Hall–Kier alpha value is -2.08. The van der Waals surface area contributed by atoms with Gasteiger partial charge in [0.25, 0.3) is 0 Å².